The minimum absolute atomic E-state index is 0.0370. The molecule has 0 bridgehead atoms. The maximum absolute atomic E-state index is 13.1. The predicted octanol–water partition coefficient (Wildman–Crippen LogP) is 5.54. The predicted molar refractivity (Wildman–Crippen MR) is 123 cm³/mol. The third kappa shape index (κ3) is 5.90. The zero-order valence-electron chi connectivity index (χ0n) is 19.2. The third-order valence-electron chi connectivity index (χ3n) is 5.40. The number of hydrogen-bond acceptors (Lipinski definition) is 4. The van der Waals surface area contributed by atoms with Crippen molar-refractivity contribution in [3.8, 4) is 11.8 Å². The third-order valence-corrected chi connectivity index (χ3v) is 5.40. The quantitative estimate of drug-likeness (QED) is 0.479. The summed E-state index contributed by atoms with van der Waals surface area (Å²) in [5.41, 5.74) is -0.807. The molecule has 0 fully saturated rings. The Morgan fingerprint density at radius 3 is 2.23 bits per heavy atom. The summed E-state index contributed by atoms with van der Waals surface area (Å²) in [6.07, 6.45) is -4.47. The average molecular weight is 484 g/mol. The number of nitrogens with one attached hydrogen (secondary N) is 1. The number of carboxylic acids is 1. The number of alkyl halides is 3. The molecule has 0 spiro atoms. The summed E-state index contributed by atoms with van der Waals surface area (Å²) in [5.74, 6) is -1.81. The first-order valence-electron chi connectivity index (χ1n) is 10.6. The number of carboxylic acid groups (broad SMARTS) is 1. The minimum Gasteiger partial charge on any atom is -0.487 e. The molecule has 1 amide bonds. The van der Waals surface area contributed by atoms with Gasteiger partial charge in [0.2, 0.25) is 0 Å². The number of nitriles is 1. The monoisotopic (exact) mass is 484 g/mol. The first-order valence-corrected chi connectivity index (χ1v) is 10.6. The number of amides is 1. The lowest BCUT2D eigenvalue weighted by molar-refractivity contribution is -0.142. The Balaban J connectivity index is 2.01. The fourth-order valence-corrected chi connectivity index (χ4v) is 3.50. The number of ether oxygens (including phenoxy) is 1. The summed E-state index contributed by atoms with van der Waals surface area (Å²) in [4.78, 5) is 24.9. The number of fused-ring (bicyclic) bond motifs is 1. The zero-order valence-corrected chi connectivity index (χ0v) is 19.2. The van der Waals surface area contributed by atoms with Crippen LogP contribution in [0.4, 0.5) is 13.2 Å². The molecule has 0 aromatic heterocycles. The van der Waals surface area contributed by atoms with Crippen LogP contribution in [0.1, 0.15) is 47.8 Å². The Morgan fingerprint density at radius 1 is 1.06 bits per heavy atom. The molecule has 3 rings (SSSR count). The van der Waals surface area contributed by atoms with Gasteiger partial charge in [-0.05, 0) is 46.7 Å². The molecule has 6 nitrogen and oxygen atoms in total. The number of nitrogens with zero attached hydrogens (tertiary/aromatic N) is 1. The van der Waals surface area contributed by atoms with Gasteiger partial charge < -0.3 is 15.2 Å². The lowest BCUT2D eigenvalue weighted by Crippen LogP contribution is -2.49. The Bertz CT molecular complexity index is 1300. The summed E-state index contributed by atoms with van der Waals surface area (Å²) >= 11 is 0. The first kappa shape index (κ1) is 25.6. The Morgan fingerprint density at radius 2 is 1.69 bits per heavy atom. The van der Waals surface area contributed by atoms with E-state index in [9.17, 15) is 33.1 Å². The van der Waals surface area contributed by atoms with E-state index in [4.69, 9.17) is 4.74 Å². The van der Waals surface area contributed by atoms with Gasteiger partial charge in [0.15, 0.2) is 0 Å². The molecule has 0 saturated heterocycles. The van der Waals surface area contributed by atoms with E-state index < -0.39 is 35.1 Å². The minimum atomic E-state index is -4.47. The molecule has 0 aliphatic carbocycles. The lowest BCUT2D eigenvalue weighted by Gasteiger charge is -2.28. The van der Waals surface area contributed by atoms with Crippen molar-refractivity contribution in [1.82, 2.24) is 5.32 Å². The van der Waals surface area contributed by atoms with Gasteiger partial charge in [0.25, 0.3) is 5.91 Å². The van der Waals surface area contributed by atoms with Crippen molar-refractivity contribution in [2.24, 2.45) is 5.41 Å². The summed E-state index contributed by atoms with van der Waals surface area (Å²) < 4.78 is 44.5. The van der Waals surface area contributed by atoms with E-state index in [1.165, 1.54) is 24.3 Å². The molecular weight excluding hydrogens is 461 g/mol. The van der Waals surface area contributed by atoms with Crippen LogP contribution in [0.25, 0.3) is 10.8 Å². The van der Waals surface area contributed by atoms with Crippen LogP contribution in [-0.4, -0.2) is 23.0 Å². The van der Waals surface area contributed by atoms with E-state index >= 15 is 0 Å². The largest absolute Gasteiger partial charge is 0.487 e. The highest BCUT2D eigenvalue weighted by atomic mass is 19.4. The normalized spacial score (nSPS) is 12.6. The molecule has 1 atom stereocenters. The van der Waals surface area contributed by atoms with Gasteiger partial charge in [-0.2, -0.15) is 18.4 Å². The molecular formula is C26H23F3N2O4. The second-order valence-corrected chi connectivity index (χ2v) is 9.08. The van der Waals surface area contributed by atoms with Gasteiger partial charge >= 0.3 is 12.1 Å². The molecule has 2 N–H and O–H groups in total. The fraction of sp³-hybridized carbons (Fsp3) is 0.269. The van der Waals surface area contributed by atoms with Gasteiger partial charge in [-0.25, -0.2) is 4.79 Å². The zero-order chi connectivity index (χ0) is 26.0. The second kappa shape index (κ2) is 9.66. The van der Waals surface area contributed by atoms with Crippen molar-refractivity contribution in [2.45, 2.75) is 39.6 Å². The summed E-state index contributed by atoms with van der Waals surface area (Å²) in [6.45, 7) is 4.87. The van der Waals surface area contributed by atoms with Gasteiger partial charge in [0.1, 0.15) is 18.4 Å². The van der Waals surface area contributed by atoms with Crippen LogP contribution in [0.5, 0.6) is 5.75 Å². The van der Waals surface area contributed by atoms with Crippen molar-refractivity contribution in [3.05, 3.63) is 76.9 Å². The molecule has 0 radical (unpaired) electrons. The number of carbonyl (C=O) groups is 2. The van der Waals surface area contributed by atoms with E-state index in [2.05, 4.69) is 5.32 Å². The second-order valence-electron chi connectivity index (χ2n) is 9.08. The first-order chi connectivity index (χ1) is 16.3. The highest BCUT2D eigenvalue weighted by Gasteiger charge is 2.34. The van der Waals surface area contributed by atoms with Gasteiger partial charge in [-0.1, -0.05) is 45.0 Å². The number of carbonyl (C=O) groups excluding carboxylic acids is 1. The van der Waals surface area contributed by atoms with Crippen LogP contribution >= 0.6 is 0 Å². The van der Waals surface area contributed by atoms with Crippen LogP contribution in [0.15, 0.2) is 54.6 Å². The SMILES string of the molecule is CC(C)(C)[C@H](NC(=O)c1ccc2ccc(C#N)cc2c1OCc1ccc(C(F)(F)F)cc1)C(=O)O. The molecule has 3 aromatic carbocycles. The van der Waals surface area contributed by atoms with Crippen LogP contribution in [-0.2, 0) is 17.6 Å². The molecule has 0 heterocycles. The van der Waals surface area contributed by atoms with Crippen molar-refractivity contribution in [3.63, 3.8) is 0 Å². The molecule has 0 aliphatic rings. The molecule has 3 aromatic rings. The number of aliphatic carboxylic acids is 1. The van der Waals surface area contributed by atoms with Gasteiger partial charge in [-0.15, -0.1) is 0 Å². The highest BCUT2D eigenvalue weighted by Crippen LogP contribution is 2.33. The van der Waals surface area contributed by atoms with Crippen molar-refractivity contribution < 1.29 is 32.6 Å². The van der Waals surface area contributed by atoms with Crippen molar-refractivity contribution >= 4 is 22.6 Å². The van der Waals surface area contributed by atoms with E-state index in [1.54, 1.807) is 39.0 Å². The molecule has 0 saturated carbocycles. The smallest absolute Gasteiger partial charge is 0.416 e. The number of rotatable bonds is 6. The number of halogens is 3. The average Bonchev–Trinajstić information content (AvgIpc) is 2.79. The van der Waals surface area contributed by atoms with Crippen LogP contribution in [0, 0.1) is 16.7 Å². The van der Waals surface area contributed by atoms with E-state index in [-0.39, 0.29) is 17.9 Å². The maximum Gasteiger partial charge on any atom is 0.416 e. The van der Waals surface area contributed by atoms with Crippen molar-refractivity contribution in [2.75, 3.05) is 0 Å². The van der Waals surface area contributed by atoms with Gasteiger partial charge in [0.05, 0.1) is 22.8 Å². The maximum atomic E-state index is 13.1. The Labute approximate surface area is 199 Å². The Hall–Kier alpha value is -4.06. The summed E-state index contributed by atoms with van der Waals surface area (Å²) in [7, 11) is 0. The molecule has 0 unspecified atom stereocenters. The topological polar surface area (TPSA) is 99.4 Å². The summed E-state index contributed by atoms with van der Waals surface area (Å²) in [5, 5.41) is 22.5. The highest BCUT2D eigenvalue weighted by molar-refractivity contribution is 6.05. The van der Waals surface area contributed by atoms with E-state index in [0.29, 0.717) is 21.9 Å². The number of benzene rings is 3. The molecule has 35 heavy (non-hydrogen) atoms. The van der Waals surface area contributed by atoms with Crippen LogP contribution in [0.3, 0.4) is 0 Å². The lowest BCUT2D eigenvalue weighted by atomic mass is 9.86. The van der Waals surface area contributed by atoms with E-state index in [1.807, 2.05) is 6.07 Å². The van der Waals surface area contributed by atoms with Crippen LogP contribution in [0.2, 0.25) is 0 Å². The van der Waals surface area contributed by atoms with Gasteiger partial charge in [-0.3, -0.25) is 4.79 Å². The summed E-state index contributed by atoms with van der Waals surface area (Å²) in [6, 6.07) is 13.2. The van der Waals surface area contributed by atoms with Gasteiger partial charge in [0, 0.05) is 5.39 Å². The van der Waals surface area contributed by atoms with E-state index in [0.717, 1.165) is 12.1 Å². The fourth-order valence-electron chi connectivity index (χ4n) is 3.50. The standard InChI is InChI=1S/C26H23F3N2O4/c1-25(2,3)22(24(33)34)31-23(32)19-11-8-17-7-4-16(13-30)12-20(17)21(19)35-14-15-5-9-18(10-6-15)26(27,28)29/h4-12,22H,14H2,1-3H3,(H,31,32)(H,33,34)/t22-/m1/s1. The number of hydrogen-bond donors (Lipinski definition) is 2. The Kier molecular flexibility index (Phi) is 7.06. The molecule has 9 heteroatoms. The molecule has 182 valence electrons. The van der Waals surface area contributed by atoms with Crippen molar-refractivity contribution in [1.29, 1.82) is 5.26 Å². The molecule has 0 aliphatic heterocycles. The van der Waals surface area contributed by atoms with Crippen LogP contribution < -0.4 is 10.1 Å².